The van der Waals surface area contributed by atoms with E-state index in [9.17, 15) is 0 Å². The van der Waals surface area contributed by atoms with Crippen molar-refractivity contribution >= 4 is 35.8 Å². The molecule has 4 rings (SSSR count). The number of aromatic nitrogens is 3. The number of piperidine rings is 1. The van der Waals surface area contributed by atoms with E-state index in [2.05, 4.69) is 59.9 Å². The van der Waals surface area contributed by atoms with Crippen molar-refractivity contribution < 1.29 is 0 Å². The van der Waals surface area contributed by atoms with E-state index in [1.54, 1.807) is 0 Å². The van der Waals surface area contributed by atoms with Crippen LogP contribution in [-0.4, -0.2) is 58.6 Å². The Labute approximate surface area is 190 Å². The number of aliphatic imine (C=N–C) groups is 1. The summed E-state index contributed by atoms with van der Waals surface area (Å²) in [4.78, 5) is 18.1. The maximum Gasteiger partial charge on any atom is 0.193 e. The summed E-state index contributed by atoms with van der Waals surface area (Å²) < 4.78 is 2.23. The molecule has 4 heterocycles. The summed E-state index contributed by atoms with van der Waals surface area (Å²) in [7, 11) is 1.86. The van der Waals surface area contributed by atoms with Gasteiger partial charge in [0.15, 0.2) is 5.96 Å². The fraction of sp³-hybridized carbons (Fsp3) is 0.571. The summed E-state index contributed by atoms with van der Waals surface area (Å²) in [6, 6.07) is 4.74. The van der Waals surface area contributed by atoms with Crippen LogP contribution < -0.4 is 10.2 Å². The average molecular weight is 509 g/mol. The van der Waals surface area contributed by atoms with E-state index in [1.165, 1.54) is 18.4 Å². The molecule has 29 heavy (non-hydrogen) atoms. The molecule has 7 nitrogen and oxygen atoms in total. The van der Waals surface area contributed by atoms with Gasteiger partial charge in [-0.2, -0.15) is 0 Å². The average Bonchev–Trinajstić information content (AvgIpc) is 3.44. The molecular weight excluding hydrogens is 477 g/mol. The Morgan fingerprint density at radius 2 is 2.07 bits per heavy atom. The first kappa shape index (κ1) is 21.9. The molecule has 8 heteroatoms. The number of hydrogen-bond acceptors (Lipinski definition) is 4. The molecule has 1 N–H and O–H groups in total. The van der Waals surface area contributed by atoms with Gasteiger partial charge < -0.3 is 19.7 Å². The number of nitrogens with one attached hydrogen (secondary N) is 1. The molecule has 2 aliphatic heterocycles. The normalized spacial score (nSPS) is 22.5. The number of halogens is 1. The van der Waals surface area contributed by atoms with Gasteiger partial charge in [0, 0.05) is 58.4 Å². The Morgan fingerprint density at radius 3 is 2.72 bits per heavy atom. The van der Waals surface area contributed by atoms with Crippen molar-refractivity contribution in [3.63, 3.8) is 0 Å². The first-order valence-corrected chi connectivity index (χ1v) is 10.4. The zero-order chi connectivity index (χ0) is 19.3. The second kappa shape index (κ2) is 10.3. The monoisotopic (exact) mass is 509 g/mol. The third-order valence-corrected chi connectivity index (χ3v) is 6.03. The van der Waals surface area contributed by atoms with Crippen LogP contribution in [-0.2, 0) is 6.54 Å². The topological polar surface area (TPSA) is 61.6 Å². The van der Waals surface area contributed by atoms with Crippen molar-refractivity contribution in [3.05, 3.63) is 42.6 Å². The summed E-state index contributed by atoms with van der Waals surface area (Å²) in [6.45, 7) is 7.29. The number of rotatable bonds is 4. The molecule has 0 bridgehead atoms. The molecule has 0 aliphatic carbocycles. The zero-order valence-electron chi connectivity index (χ0n) is 17.4. The van der Waals surface area contributed by atoms with E-state index in [-0.39, 0.29) is 24.0 Å². The van der Waals surface area contributed by atoms with Gasteiger partial charge in [0.05, 0.1) is 12.4 Å². The minimum Gasteiger partial charge on any atom is -0.357 e. The molecule has 2 atom stereocenters. The molecule has 0 radical (unpaired) electrons. The highest BCUT2D eigenvalue weighted by Gasteiger charge is 2.28. The Hall–Kier alpha value is -1.84. The van der Waals surface area contributed by atoms with E-state index in [0.29, 0.717) is 12.0 Å². The Morgan fingerprint density at radius 1 is 1.24 bits per heavy atom. The molecule has 2 aromatic heterocycles. The molecule has 158 valence electrons. The van der Waals surface area contributed by atoms with Crippen LogP contribution in [0.25, 0.3) is 0 Å². The van der Waals surface area contributed by atoms with E-state index in [1.807, 2.05) is 25.8 Å². The second-order valence-electron chi connectivity index (χ2n) is 7.91. The van der Waals surface area contributed by atoms with Crippen LogP contribution in [0, 0.1) is 5.92 Å². The Kier molecular flexibility index (Phi) is 7.74. The molecule has 0 spiro atoms. The fourth-order valence-electron chi connectivity index (χ4n) is 4.26. The highest BCUT2D eigenvalue weighted by Crippen LogP contribution is 2.27. The number of hydrogen-bond donors (Lipinski definition) is 1. The molecule has 2 aliphatic rings. The quantitative estimate of drug-likeness (QED) is 0.390. The summed E-state index contributed by atoms with van der Waals surface area (Å²) in [5.74, 6) is 2.69. The van der Waals surface area contributed by atoms with Crippen LogP contribution in [0.3, 0.4) is 0 Å². The number of nitrogens with zero attached hydrogens (tertiary/aromatic N) is 6. The second-order valence-corrected chi connectivity index (χ2v) is 7.91. The largest absolute Gasteiger partial charge is 0.357 e. The zero-order valence-corrected chi connectivity index (χ0v) is 19.7. The fourth-order valence-corrected chi connectivity index (χ4v) is 4.26. The lowest BCUT2D eigenvalue weighted by Gasteiger charge is -2.39. The number of imidazole rings is 1. The molecule has 2 saturated heterocycles. The van der Waals surface area contributed by atoms with Crippen molar-refractivity contribution in [1.29, 1.82) is 0 Å². The van der Waals surface area contributed by atoms with Gasteiger partial charge >= 0.3 is 0 Å². The van der Waals surface area contributed by atoms with E-state index < -0.39 is 0 Å². The molecular formula is C21H32IN7. The van der Waals surface area contributed by atoms with Crippen LogP contribution in [0.5, 0.6) is 0 Å². The highest BCUT2D eigenvalue weighted by atomic mass is 127. The number of anilines is 1. The SMILES string of the molecule is CN=C(NCc1ccc(N2CCCC2)nc1)N1CCC(C)C(n2ccnc2)C1.I. The number of likely N-dealkylation sites (tertiary alicyclic amines) is 1. The first-order valence-electron chi connectivity index (χ1n) is 10.4. The summed E-state index contributed by atoms with van der Waals surface area (Å²) in [5.41, 5.74) is 1.18. The van der Waals surface area contributed by atoms with Gasteiger partial charge in [0.1, 0.15) is 5.82 Å². The summed E-state index contributed by atoms with van der Waals surface area (Å²) in [5, 5.41) is 3.52. The third-order valence-electron chi connectivity index (χ3n) is 6.03. The third kappa shape index (κ3) is 5.21. The van der Waals surface area contributed by atoms with E-state index >= 15 is 0 Å². The van der Waals surface area contributed by atoms with Crippen LogP contribution in [0.2, 0.25) is 0 Å². The lowest BCUT2D eigenvalue weighted by Crippen LogP contribution is -2.48. The summed E-state index contributed by atoms with van der Waals surface area (Å²) >= 11 is 0. The molecule has 0 aromatic carbocycles. The predicted octanol–water partition coefficient (Wildman–Crippen LogP) is 3.15. The molecule has 2 unspecified atom stereocenters. The minimum absolute atomic E-state index is 0. The molecule has 0 amide bonds. The Balaban J connectivity index is 0.00000240. The van der Waals surface area contributed by atoms with Gasteiger partial charge in [0.2, 0.25) is 0 Å². The standard InChI is InChI=1S/C21H31N7.HI/c1-17-7-11-27(15-19(17)28-12-8-23-16-28)21(22-2)25-14-18-5-6-20(24-13-18)26-9-3-4-10-26;/h5-6,8,12-13,16-17,19H,3-4,7,9-11,14-15H2,1-2H3,(H,22,25);1H. The van der Waals surface area contributed by atoms with E-state index in [4.69, 9.17) is 0 Å². The number of guanidine groups is 1. The lowest BCUT2D eigenvalue weighted by molar-refractivity contribution is 0.189. The van der Waals surface area contributed by atoms with Gasteiger partial charge in [-0.1, -0.05) is 13.0 Å². The molecule has 2 aromatic rings. The van der Waals surface area contributed by atoms with Gasteiger partial charge in [-0.25, -0.2) is 9.97 Å². The minimum atomic E-state index is 0. The smallest absolute Gasteiger partial charge is 0.193 e. The van der Waals surface area contributed by atoms with Crippen molar-refractivity contribution in [2.24, 2.45) is 10.9 Å². The highest BCUT2D eigenvalue weighted by molar-refractivity contribution is 14.0. The Bertz CT molecular complexity index is 769. The van der Waals surface area contributed by atoms with Gasteiger partial charge in [-0.05, 0) is 36.8 Å². The molecule has 0 saturated carbocycles. The van der Waals surface area contributed by atoms with Crippen LogP contribution in [0.4, 0.5) is 5.82 Å². The predicted molar refractivity (Wildman–Crippen MR) is 128 cm³/mol. The molecule has 2 fully saturated rings. The van der Waals surface area contributed by atoms with E-state index in [0.717, 1.165) is 50.9 Å². The van der Waals surface area contributed by atoms with Crippen molar-refractivity contribution in [1.82, 2.24) is 24.8 Å². The van der Waals surface area contributed by atoms with Gasteiger partial charge in [0.25, 0.3) is 0 Å². The maximum absolute atomic E-state index is 4.65. The van der Waals surface area contributed by atoms with Gasteiger partial charge in [-0.15, -0.1) is 24.0 Å². The van der Waals surface area contributed by atoms with Gasteiger partial charge in [-0.3, -0.25) is 4.99 Å². The summed E-state index contributed by atoms with van der Waals surface area (Å²) in [6.07, 6.45) is 11.5. The maximum atomic E-state index is 4.65. The lowest BCUT2D eigenvalue weighted by atomic mass is 9.93. The van der Waals surface area contributed by atoms with Crippen molar-refractivity contribution in [2.75, 3.05) is 38.1 Å². The van der Waals surface area contributed by atoms with Crippen LogP contribution in [0.1, 0.15) is 37.8 Å². The van der Waals surface area contributed by atoms with Crippen LogP contribution >= 0.6 is 24.0 Å². The first-order chi connectivity index (χ1) is 13.7. The van der Waals surface area contributed by atoms with Crippen molar-refractivity contribution in [3.8, 4) is 0 Å². The number of pyridine rings is 1. The van der Waals surface area contributed by atoms with Crippen molar-refractivity contribution in [2.45, 2.75) is 38.8 Å². The van der Waals surface area contributed by atoms with Crippen LogP contribution in [0.15, 0.2) is 42.0 Å².